The molecule has 1 N–H and O–H groups in total. The smallest absolute Gasteiger partial charge is 0.285 e. The van der Waals surface area contributed by atoms with Gasteiger partial charge in [0.2, 0.25) is 0 Å². The lowest BCUT2D eigenvalue weighted by atomic mass is 10.1. The van der Waals surface area contributed by atoms with Crippen molar-refractivity contribution < 1.29 is 9.47 Å². The molecule has 0 fully saturated rings. The molecule has 3 aromatic rings. The highest BCUT2D eigenvalue weighted by Gasteiger charge is 2.21. The lowest BCUT2D eigenvalue weighted by Gasteiger charge is -2.13. The first-order chi connectivity index (χ1) is 12.3. The molecule has 0 spiro atoms. The van der Waals surface area contributed by atoms with Gasteiger partial charge in [-0.3, -0.25) is 4.98 Å². The summed E-state index contributed by atoms with van der Waals surface area (Å²) in [4.78, 5) is 8.61. The zero-order chi connectivity index (χ0) is 17.1. The maximum Gasteiger partial charge on any atom is 0.285 e. The molecule has 4 rings (SSSR count). The Hall–Kier alpha value is -3.08. The number of fused-ring (bicyclic) bond motifs is 1. The van der Waals surface area contributed by atoms with Crippen LogP contribution in [0.5, 0.6) is 5.75 Å². The molecular weight excluding hydrogens is 314 g/mol. The predicted octanol–water partition coefficient (Wildman–Crippen LogP) is 3.46. The topological polar surface area (TPSA) is 55.7 Å². The first kappa shape index (κ1) is 15.4. The van der Waals surface area contributed by atoms with Crippen LogP contribution in [0.3, 0.4) is 0 Å². The number of pyridine rings is 1. The second kappa shape index (κ2) is 6.81. The van der Waals surface area contributed by atoms with Gasteiger partial charge in [0.05, 0.1) is 13.7 Å². The van der Waals surface area contributed by atoms with Crippen molar-refractivity contribution in [2.75, 3.05) is 13.7 Å². The van der Waals surface area contributed by atoms with Crippen LogP contribution in [0.1, 0.15) is 17.2 Å². The van der Waals surface area contributed by atoms with Crippen LogP contribution in [-0.2, 0) is 11.3 Å². The Morgan fingerprint density at radius 1 is 1.12 bits per heavy atom. The molecule has 5 nitrogen and oxygen atoms in total. The number of benzene rings is 2. The monoisotopic (exact) mass is 333 g/mol. The molecule has 0 saturated heterocycles. The quantitative estimate of drug-likeness (QED) is 0.794. The zero-order valence-corrected chi connectivity index (χ0v) is 14.0. The number of ether oxygens (including phenoxy) is 2. The molecule has 1 atom stereocenters. The fraction of sp³-hybridized carbons (Fsp3) is 0.200. The SMILES string of the molecule is COc1ccc(CNC2=NCC(c3ccc4cnccc4c3)O2)cc1. The van der Waals surface area contributed by atoms with Gasteiger partial charge in [-0.05, 0) is 40.8 Å². The second-order valence-electron chi connectivity index (χ2n) is 5.94. The van der Waals surface area contributed by atoms with Crippen molar-refractivity contribution in [3.8, 4) is 5.75 Å². The van der Waals surface area contributed by atoms with Crippen molar-refractivity contribution >= 4 is 16.8 Å². The van der Waals surface area contributed by atoms with E-state index >= 15 is 0 Å². The van der Waals surface area contributed by atoms with E-state index in [4.69, 9.17) is 9.47 Å². The minimum atomic E-state index is -0.0454. The van der Waals surface area contributed by atoms with E-state index in [0.717, 1.165) is 27.6 Å². The minimum Gasteiger partial charge on any atom is -0.497 e. The van der Waals surface area contributed by atoms with Gasteiger partial charge in [0.1, 0.15) is 11.9 Å². The lowest BCUT2D eigenvalue weighted by Crippen LogP contribution is -2.23. The highest BCUT2D eigenvalue weighted by Crippen LogP contribution is 2.25. The standard InChI is InChI=1S/C20H19N3O2/c1-24-18-6-2-14(3-7-18)11-22-20-23-13-19(25-20)16-4-5-17-12-21-9-8-15(17)10-16/h2-10,12,19H,11,13H2,1H3,(H,22,23). The summed E-state index contributed by atoms with van der Waals surface area (Å²) < 4.78 is 11.1. The molecule has 0 aliphatic carbocycles. The number of methoxy groups -OCH3 is 1. The van der Waals surface area contributed by atoms with Crippen molar-refractivity contribution in [3.63, 3.8) is 0 Å². The largest absolute Gasteiger partial charge is 0.497 e. The van der Waals surface area contributed by atoms with Crippen LogP contribution in [-0.4, -0.2) is 24.7 Å². The molecule has 5 heteroatoms. The molecule has 1 aliphatic heterocycles. The Bertz CT molecular complexity index is 906. The summed E-state index contributed by atoms with van der Waals surface area (Å²) in [5.41, 5.74) is 2.28. The third-order valence-corrected chi connectivity index (χ3v) is 4.29. The summed E-state index contributed by atoms with van der Waals surface area (Å²) in [5.74, 6) is 0.852. The fourth-order valence-electron chi connectivity index (χ4n) is 2.87. The summed E-state index contributed by atoms with van der Waals surface area (Å²) in [6.45, 7) is 1.29. The molecular formula is C20H19N3O2. The fourth-order valence-corrected chi connectivity index (χ4v) is 2.87. The average Bonchev–Trinajstić information content (AvgIpc) is 3.15. The Balaban J connectivity index is 1.38. The minimum absolute atomic E-state index is 0.0454. The van der Waals surface area contributed by atoms with E-state index in [1.165, 1.54) is 0 Å². The number of rotatable bonds is 4. The van der Waals surface area contributed by atoms with Crippen molar-refractivity contribution in [1.29, 1.82) is 0 Å². The van der Waals surface area contributed by atoms with Gasteiger partial charge in [0.15, 0.2) is 0 Å². The highest BCUT2D eigenvalue weighted by atomic mass is 16.5. The van der Waals surface area contributed by atoms with Gasteiger partial charge in [-0.15, -0.1) is 0 Å². The van der Waals surface area contributed by atoms with E-state index in [1.807, 2.05) is 36.5 Å². The van der Waals surface area contributed by atoms with E-state index in [9.17, 15) is 0 Å². The molecule has 0 radical (unpaired) electrons. The Morgan fingerprint density at radius 2 is 2.00 bits per heavy atom. The second-order valence-corrected chi connectivity index (χ2v) is 5.94. The summed E-state index contributed by atoms with van der Waals surface area (Å²) in [6.07, 6.45) is 3.63. The van der Waals surface area contributed by atoms with Gasteiger partial charge in [-0.25, -0.2) is 4.99 Å². The van der Waals surface area contributed by atoms with Gasteiger partial charge < -0.3 is 14.8 Å². The third kappa shape index (κ3) is 3.40. The number of hydrogen-bond acceptors (Lipinski definition) is 5. The van der Waals surface area contributed by atoms with Gasteiger partial charge in [0, 0.05) is 24.3 Å². The van der Waals surface area contributed by atoms with Crippen LogP contribution in [0.4, 0.5) is 0 Å². The van der Waals surface area contributed by atoms with Crippen molar-refractivity contribution in [2.24, 2.45) is 4.99 Å². The van der Waals surface area contributed by atoms with Gasteiger partial charge in [0.25, 0.3) is 6.02 Å². The van der Waals surface area contributed by atoms with Crippen LogP contribution in [0.25, 0.3) is 10.8 Å². The van der Waals surface area contributed by atoms with Crippen LogP contribution >= 0.6 is 0 Å². The Morgan fingerprint density at radius 3 is 2.84 bits per heavy atom. The van der Waals surface area contributed by atoms with E-state index < -0.39 is 0 Å². The summed E-state index contributed by atoms with van der Waals surface area (Å²) in [5, 5.41) is 5.54. The Labute approximate surface area is 146 Å². The molecule has 2 aromatic carbocycles. The number of hydrogen-bond donors (Lipinski definition) is 1. The number of nitrogens with one attached hydrogen (secondary N) is 1. The van der Waals surface area contributed by atoms with E-state index in [-0.39, 0.29) is 6.10 Å². The molecule has 1 aromatic heterocycles. The maximum absolute atomic E-state index is 5.96. The molecule has 0 bridgehead atoms. The van der Waals surface area contributed by atoms with Gasteiger partial charge in [-0.2, -0.15) is 0 Å². The van der Waals surface area contributed by atoms with Crippen LogP contribution in [0.15, 0.2) is 65.9 Å². The van der Waals surface area contributed by atoms with E-state index in [0.29, 0.717) is 19.1 Å². The Kier molecular flexibility index (Phi) is 4.21. The van der Waals surface area contributed by atoms with Crippen LogP contribution < -0.4 is 10.1 Å². The number of aliphatic imine (C=N–C) groups is 1. The van der Waals surface area contributed by atoms with Crippen LogP contribution in [0.2, 0.25) is 0 Å². The lowest BCUT2D eigenvalue weighted by molar-refractivity contribution is 0.219. The molecule has 1 aliphatic rings. The number of nitrogens with zero attached hydrogens (tertiary/aromatic N) is 2. The molecule has 0 amide bonds. The third-order valence-electron chi connectivity index (χ3n) is 4.29. The summed E-state index contributed by atoms with van der Waals surface area (Å²) in [7, 11) is 1.66. The summed E-state index contributed by atoms with van der Waals surface area (Å²) >= 11 is 0. The van der Waals surface area contributed by atoms with Crippen LogP contribution in [0, 0.1) is 0 Å². The zero-order valence-electron chi connectivity index (χ0n) is 14.0. The van der Waals surface area contributed by atoms with Crippen molar-refractivity contribution in [3.05, 3.63) is 72.1 Å². The van der Waals surface area contributed by atoms with E-state index in [2.05, 4.69) is 33.5 Å². The normalized spacial score (nSPS) is 16.4. The average molecular weight is 333 g/mol. The molecule has 1 unspecified atom stereocenters. The predicted molar refractivity (Wildman–Crippen MR) is 97.7 cm³/mol. The first-order valence-corrected chi connectivity index (χ1v) is 8.23. The number of amidine groups is 1. The van der Waals surface area contributed by atoms with Gasteiger partial charge in [-0.1, -0.05) is 24.3 Å². The number of aromatic nitrogens is 1. The summed E-state index contributed by atoms with van der Waals surface area (Å²) in [6, 6.07) is 16.8. The maximum atomic E-state index is 5.96. The molecule has 0 saturated carbocycles. The first-order valence-electron chi connectivity index (χ1n) is 8.23. The molecule has 2 heterocycles. The highest BCUT2D eigenvalue weighted by molar-refractivity contribution is 5.82. The van der Waals surface area contributed by atoms with Gasteiger partial charge >= 0.3 is 0 Å². The van der Waals surface area contributed by atoms with Crippen molar-refractivity contribution in [1.82, 2.24) is 10.3 Å². The van der Waals surface area contributed by atoms with Crippen molar-refractivity contribution in [2.45, 2.75) is 12.6 Å². The molecule has 25 heavy (non-hydrogen) atoms. The van der Waals surface area contributed by atoms with E-state index in [1.54, 1.807) is 13.3 Å². The molecule has 126 valence electrons.